The van der Waals surface area contributed by atoms with Crippen LogP contribution < -0.4 is 25.0 Å². The minimum atomic E-state index is -5.73. The van der Waals surface area contributed by atoms with Gasteiger partial charge in [-0.05, 0) is 13.8 Å². The number of hydrogen-bond donors (Lipinski definition) is 2. The second kappa shape index (κ2) is 9.25. The number of phosphoric ester groups is 1. The lowest BCUT2D eigenvalue weighted by Gasteiger charge is -2.34. The fraction of sp³-hybridized carbons (Fsp3) is 0.500. The predicted molar refractivity (Wildman–Crippen MR) is 96.1 cm³/mol. The van der Waals surface area contributed by atoms with Crippen LogP contribution in [0.15, 0.2) is 6.20 Å². The van der Waals surface area contributed by atoms with Gasteiger partial charge < -0.3 is 34.6 Å². The highest BCUT2D eigenvalue weighted by Crippen LogP contribution is 2.50. The van der Waals surface area contributed by atoms with Crippen LogP contribution in [0.2, 0.25) is 0 Å². The molecule has 2 atom stereocenters. The van der Waals surface area contributed by atoms with Gasteiger partial charge in [0.2, 0.25) is 0 Å². The van der Waals surface area contributed by atoms with Crippen molar-refractivity contribution in [3.05, 3.63) is 33.2 Å². The van der Waals surface area contributed by atoms with E-state index in [0.29, 0.717) is 27.1 Å². The summed E-state index contributed by atoms with van der Waals surface area (Å²) in [5, 5.41) is 10.7. The zero-order valence-corrected chi connectivity index (χ0v) is 18.4. The molecule has 0 saturated carbocycles. The van der Waals surface area contributed by atoms with Crippen LogP contribution in [-0.4, -0.2) is 21.7 Å². The average Bonchev–Trinajstić information content (AvgIpc) is 2.84. The fourth-order valence-electron chi connectivity index (χ4n) is 2.51. The lowest BCUT2D eigenvalue weighted by Crippen LogP contribution is -2.40. The van der Waals surface area contributed by atoms with Crippen molar-refractivity contribution in [1.82, 2.24) is 9.97 Å². The van der Waals surface area contributed by atoms with Crippen molar-refractivity contribution in [3.8, 4) is 0 Å². The first kappa shape index (κ1) is 24.0. The maximum atomic E-state index is 11.3. The number of anilines is 1. The Morgan fingerprint density at radius 1 is 1.34 bits per heavy atom. The van der Waals surface area contributed by atoms with Crippen molar-refractivity contribution in [1.29, 1.82) is 0 Å². The van der Waals surface area contributed by atoms with E-state index in [4.69, 9.17) is 5.73 Å². The lowest BCUT2D eigenvalue weighted by atomic mass is 10.2. The summed E-state index contributed by atoms with van der Waals surface area (Å²) in [7, 11) is -11.0. The van der Waals surface area contributed by atoms with E-state index >= 15 is 0 Å². The van der Waals surface area contributed by atoms with Crippen molar-refractivity contribution >= 4 is 32.8 Å². The van der Waals surface area contributed by atoms with Gasteiger partial charge in [0.15, 0.2) is 12.2 Å². The number of nitrogen functional groups attached to an aromatic ring is 1. The Morgan fingerprint density at radius 2 is 2.00 bits per heavy atom. The van der Waals surface area contributed by atoms with Crippen LogP contribution >= 0.6 is 27.0 Å². The Morgan fingerprint density at radius 3 is 2.55 bits per heavy atom. The molecule has 0 spiro atoms. The molecule has 0 amide bonds. The smallest absolute Gasteiger partial charge is 0.271 e. The van der Waals surface area contributed by atoms with Gasteiger partial charge in [-0.1, -0.05) is 11.3 Å². The first-order chi connectivity index (χ1) is 13.3. The van der Waals surface area contributed by atoms with E-state index < -0.39 is 28.4 Å². The monoisotopic (exact) mass is 466 g/mol. The van der Waals surface area contributed by atoms with E-state index in [-0.39, 0.29) is 13.0 Å². The highest BCUT2D eigenvalue weighted by atomic mass is 32.1. The second-order valence-electron chi connectivity index (χ2n) is 6.10. The third kappa shape index (κ3) is 6.88. The minimum Gasteiger partial charge on any atom is -0.790 e. The Kier molecular flexibility index (Phi) is 7.66. The molecule has 2 aromatic rings. The summed E-state index contributed by atoms with van der Waals surface area (Å²) in [4.78, 5) is 41.1. The number of aliphatic hydroxyl groups is 1. The SMILES string of the molecule is Cc1ncc(C[n+]2c(C(C)O)sc(CCOP(=O)([O-])OP(=O)([O-])[O-])c2C)c(N)n1. The third-order valence-electron chi connectivity index (χ3n) is 3.79. The van der Waals surface area contributed by atoms with Crippen LogP contribution in [0.5, 0.6) is 0 Å². The number of hydrogen-bond acceptors (Lipinski definition) is 12. The summed E-state index contributed by atoms with van der Waals surface area (Å²) in [5.74, 6) is 0.831. The highest BCUT2D eigenvalue weighted by molar-refractivity contribution is 7.58. The van der Waals surface area contributed by atoms with Crippen molar-refractivity contribution in [2.24, 2.45) is 0 Å². The Bertz CT molecular complexity index is 977. The van der Waals surface area contributed by atoms with Crippen molar-refractivity contribution in [2.45, 2.75) is 39.8 Å². The van der Waals surface area contributed by atoms with E-state index in [1.165, 1.54) is 11.3 Å². The van der Waals surface area contributed by atoms with E-state index in [2.05, 4.69) is 18.8 Å². The first-order valence-electron chi connectivity index (χ1n) is 8.26. The Labute approximate surface area is 170 Å². The van der Waals surface area contributed by atoms with E-state index in [9.17, 15) is 28.9 Å². The molecule has 2 unspecified atom stereocenters. The molecule has 162 valence electrons. The number of aromatic nitrogens is 3. The van der Waals surface area contributed by atoms with Gasteiger partial charge in [0, 0.05) is 19.5 Å². The molecule has 3 N–H and O–H groups in total. The molecule has 0 fully saturated rings. The van der Waals surface area contributed by atoms with Crippen LogP contribution in [0.4, 0.5) is 5.82 Å². The summed E-state index contributed by atoms with van der Waals surface area (Å²) in [6.45, 7) is 4.89. The zero-order chi connectivity index (χ0) is 22.0. The molecule has 0 aliphatic heterocycles. The molecule has 0 bridgehead atoms. The normalized spacial score (nSPS) is 15.3. The largest absolute Gasteiger partial charge is 0.790 e. The fourth-order valence-corrected chi connectivity index (χ4v) is 5.17. The van der Waals surface area contributed by atoms with Crippen LogP contribution in [-0.2, 0) is 30.9 Å². The maximum Gasteiger partial charge on any atom is 0.271 e. The summed E-state index contributed by atoms with van der Waals surface area (Å²) in [5.41, 5.74) is 7.29. The number of nitrogens with zero attached hydrogens (tertiary/aromatic N) is 3. The number of aliphatic hydroxyl groups excluding tert-OH is 1. The van der Waals surface area contributed by atoms with Gasteiger partial charge in [-0.15, -0.1) is 0 Å². The molecular formula is C14H20N4O8P2S-2. The predicted octanol–water partition coefficient (Wildman–Crippen LogP) is -1.00. The molecule has 0 saturated heterocycles. The standard InChI is InChI=1S/C14H22N4O8P2S/c1-8-12(4-5-25-28(23,24)26-27(20,21)22)29-14(9(2)19)18(8)7-11-6-16-10(3)17-13(11)15/h6,9,19H,4-5,7H2,1-3H3,(H4-,15,16,17,20,21,22,23,24)/p-2. The lowest BCUT2D eigenvalue weighted by molar-refractivity contribution is -0.699. The summed E-state index contributed by atoms with van der Waals surface area (Å²) < 4.78 is 31.4. The van der Waals surface area contributed by atoms with Crippen LogP contribution in [0, 0.1) is 13.8 Å². The summed E-state index contributed by atoms with van der Waals surface area (Å²) in [6.07, 6.45) is 0.841. The molecule has 29 heavy (non-hydrogen) atoms. The third-order valence-corrected chi connectivity index (χ3v) is 7.40. The first-order valence-corrected chi connectivity index (χ1v) is 12.0. The molecular weight excluding hydrogens is 446 g/mol. The summed E-state index contributed by atoms with van der Waals surface area (Å²) in [6, 6.07) is 0. The molecule has 2 heterocycles. The number of nitrogens with two attached hydrogens (primary N) is 1. The molecule has 0 aliphatic rings. The number of aryl methyl sites for hydroxylation is 1. The second-order valence-corrected chi connectivity index (χ2v) is 9.91. The molecule has 2 aromatic heterocycles. The molecule has 0 radical (unpaired) electrons. The van der Waals surface area contributed by atoms with Crippen molar-refractivity contribution in [3.63, 3.8) is 0 Å². The summed E-state index contributed by atoms with van der Waals surface area (Å²) >= 11 is 1.23. The van der Waals surface area contributed by atoms with Gasteiger partial charge >= 0.3 is 0 Å². The maximum absolute atomic E-state index is 11.3. The Balaban J connectivity index is 2.19. The van der Waals surface area contributed by atoms with Crippen LogP contribution in [0.3, 0.4) is 0 Å². The number of rotatable bonds is 9. The quantitative estimate of drug-likeness (QED) is 0.339. The number of phosphoric acid groups is 2. The van der Waals surface area contributed by atoms with E-state index in [1.54, 1.807) is 31.5 Å². The molecule has 15 heteroatoms. The van der Waals surface area contributed by atoms with Gasteiger partial charge in [-0.2, -0.15) is 4.57 Å². The highest BCUT2D eigenvalue weighted by Gasteiger charge is 2.27. The minimum absolute atomic E-state index is 0.0701. The average molecular weight is 466 g/mol. The topological polar surface area (TPSA) is 198 Å². The van der Waals surface area contributed by atoms with Gasteiger partial charge in [-0.25, -0.2) is 9.97 Å². The molecule has 0 aromatic carbocycles. The van der Waals surface area contributed by atoms with E-state index in [1.807, 2.05) is 0 Å². The van der Waals surface area contributed by atoms with Gasteiger partial charge in [-0.3, -0.25) is 8.88 Å². The van der Waals surface area contributed by atoms with Gasteiger partial charge in [0.25, 0.3) is 12.8 Å². The number of thiazole rings is 1. The van der Waals surface area contributed by atoms with Gasteiger partial charge in [0.05, 0.1) is 24.9 Å². The van der Waals surface area contributed by atoms with E-state index in [0.717, 1.165) is 5.69 Å². The molecule has 0 aliphatic carbocycles. The van der Waals surface area contributed by atoms with Crippen molar-refractivity contribution < 1.29 is 42.3 Å². The van der Waals surface area contributed by atoms with Crippen molar-refractivity contribution in [2.75, 3.05) is 12.3 Å². The molecule has 12 nitrogen and oxygen atoms in total. The van der Waals surface area contributed by atoms with Gasteiger partial charge in [0.1, 0.15) is 17.7 Å². The Hall–Kier alpha value is -1.27. The van der Waals surface area contributed by atoms with Crippen LogP contribution in [0.1, 0.15) is 40.0 Å². The zero-order valence-electron chi connectivity index (χ0n) is 15.8. The molecule has 2 rings (SSSR count). The van der Waals surface area contributed by atoms with Crippen LogP contribution in [0.25, 0.3) is 0 Å².